The molecule has 10 nitrogen and oxygen atoms in total. The summed E-state index contributed by atoms with van der Waals surface area (Å²) in [5.74, 6) is 1.84. The lowest BCUT2D eigenvalue weighted by Crippen LogP contribution is -2.39. The third kappa shape index (κ3) is 5.83. The number of likely N-dealkylation sites (tertiary alicyclic amines) is 1. The number of carbonyl (C=O) groups excluding carboxylic acids is 1. The molecule has 0 radical (unpaired) electrons. The number of piperidine rings is 1. The monoisotopic (exact) mass is 478 g/mol. The van der Waals surface area contributed by atoms with Crippen molar-refractivity contribution in [3.63, 3.8) is 0 Å². The van der Waals surface area contributed by atoms with Crippen LogP contribution in [-0.2, 0) is 34.3 Å². The summed E-state index contributed by atoms with van der Waals surface area (Å²) in [4.78, 5) is 18.2. The smallest absolute Gasteiger partial charge is 0.410 e. The average Bonchev–Trinajstić information content (AvgIpc) is 3.25. The summed E-state index contributed by atoms with van der Waals surface area (Å²) in [5, 5.41) is 4.11. The van der Waals surface area contributed by atoms with E-state index in [4.69, 9.17) is 14.0 Å². The second kappa shape index (κ2) is 9.68. The molecule has 3 heterocycles. The van der Waals surface area contributed by atoms with Gasteiger partial charge in [0.1, 0.15) is 5.75 Å². The highest BCUT2D eigenvalue weighted by atomic mass is 32.2. The van der Waals surface area contributed by atoms with Crippen molar-refractivity contribution in [2.24, 2.45) is 0 Å². The van der Waals surface area contributed by atoms with Gasteiger partial charge >= 0.3 is 6.09 Å². The molecule has 2 aromatic rings. The molecule has 1 amide bonds. The minimum Gasteiger partial charge on any atom is -0.484 e. The van der Waals surface area contributed by atoms with Crippen LogP contribution in [0, 0.1) is 0 Å². The van der Waals surface area contributed by atoms with E-state index in [0.717, 1.165) is 24.0 Å². The molecule has 1 fully saturated rings. The SMILES string of the molecule is CC(C)OC(=O)N1CCC(c2noc(COc3ccc4c(c3)CCN(S(C)(=O)=O)C4)n2)CC1. The van der Waals surface area contributed by atoms with Crippen molar-refractivity contribution in [3.05, 3.63) is 41.0 Å². The fraction of sp³-hybridized carbons (Fsp3) is 0.591. The van der Waals surface area contributed by atoms with Gasteiger partial charge in [0, 0.05) is 32.1 Å². The van der Waals surface area contributed by atoms with Crippen LogP contribution >= 0.6 is 0 Å². The average molecular weight is 479 g/mol. The maximum Gasteiger partial charge on any atom is 0.410 e. The Morgan fingerprint density at radius 2 is 1.97 bits per heavy atom. The first kappa shape index (κ1) is 23.5. The zero-order valence-electron chi connectivity index (χ0n) is 19.2. The van der Waals surface area contributed by atoms with Gasteiger partial charge in [-0.25, -0.2) is 13.2 Å². The van der Waals surface area contributed by atoms with Gasteiger partial charge in [-0.15, -0.1) is 0 Å². The number of carbonyl (C=O) groups is 1. The molecule has 0 aliphatic carbocycles. The van der Waals surface area contributed by atoms with E-state index in [-0.39, 0.29) is 24.7 Å². The Hall–Kier alpha value is -2.66. The Balaban J connectivity index is 1.29. The van der Waals surface area contributed by atoms with Crippen molar-refractivity contribution < 1.29 is 27.2 Å². The van der Waals surface area contributed by atoms with Crippen LogP contribution in [0.15, 0.2) is 22.7 Å². The standard InChI is InChI=1S/C22H30N4O6S/c1-15(2)31-22(27)25-9-6-16(7-10-25)21-23-20(32-24-21)14-30-19-5-4-18-13-26(33(3,28)29)11-8-17(18)12-19/h4-5,12,15-16H,6-11,13-14H2,1-3H3. The number of sulfonamides is 1. The molecular weight excluding hydrogens is 448 g/mol. The van der Waals surface area contributed by atoms with E-state index < -0.39 is 10.0 Å². The summed E-state index contributed by atoms with van der Waals surface area (Å²) < 4.78 is 41.5. The number of hydrogen-bond acceptors (Lipinski definition) is 8. The molecule has 0 atom stereocenters. The van der Waals surface area contributed by atoms with Crippen molar-refractivity contribution in [1.29, 1.82) is 0 Å². The number of benzene rings is 1. The lowest BCUT2D eigenvalue weighted by molar-refractivity contribution is 0.0688. The van der Waals surface area contributed by atoms with Crippen LogP contribution < -0.4 is 4.74 Å². The molecule has 0 N–H and O–H groups in total. The molecule has 2 aliphatic rings. The zero-order valence-corrected chi connectivity index (χ0v) is 20.0. The summed E-state index contributed by atoms with van der Waals surface area (Å²) in [5.41, 5.74) is 2.07. The second-order valence-electron chi connectivity index (χ2n) is 8.81. The van der Waals surface area contributed by atoms with E-state index in [2.05, 4.69) is 10.1 Å². The molecule has 4 rings (SSSR count). The molecule has 33 heavy (non-hydrogen) atoms. The van der Waals surface area contributed by atoms with E-state index in [1.807, 2.05) is 32.0 Å². The number of rotatable bonds is 6. The van der Waals surface area contributed by atoms with Gasteiger partial charge in [0.15, 0.2) is 12.4 Å². The van der Waals surface area contributed by atoms with Gasteiger partial charge in [0.25, 0.3) is 5.89 Å². The minimum atomic E-state index is -3.20. The topological polar surface area (TPSA) is 115 Å². The van der Waals surface area contributed by atoms with Gasteiger partial charge in [0.2, 0.25) is 10.0 Å². The van der Waals surface area contributed by atoms with Crippen LogP contribution in [0.25, 0.3) is 0 Å². The minimum absolute atomic E-state index is 0.132. The van der Waals surface area contributed by atoms with Crippen molar-refractivity contribution in [3.8, 4) is 5.75 Å². The molecule has 2 aliphatic heterocycles. The molecule has 0 bridgehead atoms. The number of aromatic nitrogens is 2. The molecule has 180 valence electrons. The Labute approximate surface area is 193 Å². The third-order valence-electron chi connectivity index (χ3n) is 5.92. The highest BCUT2D eigenvalue weighted by Crippen LogP contribution is 2.28. The van der Waals surface area contributed by atoms with Crippen LogP contribution in [-0.4, -0.2) is 65.9 Å². The molecule has 11 heteroatoms. The number of hydrogen-bond donors (Lipinski definition) is 0. The summed E-state index contributed by atoms with van der Waals surface area (Å²) in [6.07, 6.45) is 2.98. The first-order valence-electron chi connectivity index (χ1n) is 11.2. The van der Waals surface area contributed by atoms with Gasteiger partial charge in [0.05, 0.1) is 12.4 Å². The maximum atomic E-state index is 12.0. The normalized spacial score (nSPS) is 17.8. The van der Waals surface area contributed by atoms with Crippen molar-refractivity contribution >= 4 is 16.1 Å². The lowest BCUT2D eigenvalue weighted by Gasteiger charge is -2.30. The number of fused-ring (bicyclic) bond motifs is 1. The summed E-state index contributed by atoms with van der Waals surface area (Å²) in [6, 6.07) is 5.67. The van der Waals surface area contributed by atoms with Crippen LogP contribution in [0.4, 0.5) is 4.79 Å². The van der Waals surface area contributed by atoms with Gasteiger partial charge in [-0.3, -0.25) is 0 Å². The van der Waals surface area contributed by atoms with Crippen LogP contribution in [0.1, 0.15) is 55.4 Å². The summed E-state index contributed by atoms with van der Waals surface area (Å²) >= 11 is 0. The zero-order chi connectivity index (χ0) is 23.6. The van der Waals surface area contributed by atoms with Gasteiger partial charge in [-0.2, -0.15) is 9.29 Å². The Morgan fingerprint density at radius 1 is 1.21 bits per heavy atom. The Bertz CT molecular complexity index is 1090. The van der Waals surface area contributed by atoms with E-state index in [1.165, 1.54) is 10.6 Å². The largest absolute Gasteiger partial charge is 0.484 e. The van der Waals surface area contributed by atoms with Crippen LogP contribution in [0.2, 0.25) is 0 Å². The number of nitrogens with zero attached hydrogens (tertiary/aromatic N) is 4. The van der Waals surface area contributed by atoms with E-state index in [1.54, 1.807) is 4.90 Å². The summed E-state index contributed by atoms with van der Waals surface area (Å²) in [6.45, 7) is 5.88. The molecule has 0 saturated carbocycles. The van der Waals surface area contributed by atoms with Gasteiger partial charge < -0.3 is 18.9 Å². The third-order valence-corrected chi connectivity index (χ3v) is 7.17. The molecule has 1 aromatic carbocycles. The van der Waals surface area contributed by atoms with Crippen molar-refractivity contribution in [2.45, 2.75) is 58.3 Å². The first-order valence-corrected chi connectivity index (χ1v) is 13.0. The van der Waals surface area contributed by atoms with Gasteiger partial charge in [-0.1, -0.05) is 11.2 Å². The van der Waals surface area contributed by atoms with Crippen molar-refractivity contribution in [2.75, 3.05) is 25.9 Å². The highest BCUT2D eigenvalue weighted by Gasteiger charge is 2.28. The fourth-order valence-electron chi connectivity index (χ4n) is 4.11. The fourth-order valence-corrected chi connectivity index (χ4v) is 4.91. The molecule has 0 unspecified atom stereocenters. The molecule has 1 aromatic heterocycles. The predicted molar refractivity (Wildman–Crippen MR) is 119 cm³/mol. The van der Waals surface area contributed by atoms with Gasteiger partial charge in [-0.05, 0) is 56.4 Å². The second-order valence-corrected chi connectivity index (χ2v) is 10.8. The van der Waals surface area contributed by atoms with E-state index in [0.29, 0.717) is 50.1 Å². The maximum absolute atomic E-state index is 12.0. The van der Waals surface area contributed by atoms with E-state index >= 15 is 0 Å². The Morgan fingerprint density at radius 3 is 2.67 bits per heavy atom. The number of amides is 1. The Kier molecular flexibility index (Phi) is 6.89. The first-order chi connectivity index (χ1) is 15.7. The number of ether oxygens (including phenoxy) is 2. The van der Waals surface area contributed by atoms with Crippen LogP contribution in [0.5, 0.6) is 5.75 Å². The molecular formula is C22H30N4O6S. The molecule has 1 saturated heterocycles. The summed E-state index contributed by atoms with van der Waals surface area (Å²) in [7, 11) is -3.20. The van der Waals surface area contributed by atoms with Crippen LogP contribution in [0.3, 0.4) is 0 Å². The quantitative estimate of drug-likeness (QED) is 0.622. The lowest BCUT2D eigenvalue weighted by atomic mass is 9.96. The van der Waals surface area contributed by atoms with Crippen molar-refractivity contribution in [1.82, 2.24) is 19.3 Å². The molecule has 0 spiro atoms. The van der Waals surface area contributed by atoms with E-state index in [9.17, 15) is 13.2 Å². The highest BCUT2D eigenvalue weighted by molar-refractivity contribution is 7.88. The predicted octanol–water partition coefficient (Wildman–Crippen LogP) is 2.69.